The van der Waals surface area contributed by atoms with E-state index in [1.54, 1.807) is 12.1 Å². The maximum atomic E-state index is 13.7. The van der Waals surface area contributed by atoms with E-state index in [1.165, 1.54) is 17.2 Å². The van der Waals surface area contributed by atoms with E-state index in [0.717, 1.165) is 25.3 Å². The van der Waals surface area contributed by atoms with Crippen LogP contribution in [0.25, 0.3) is 0 Å². The molecule has 0 bridgehead atoms. The quantitative estimate of drug-likeness (QED) is 0.929. The molecule has 1 aliphatic rings. The van der Waals surface area contributed by atoms with E-state index < -0.39 is 0 Å². The van der Waals surface area contributed by atoms with E-state index in [-0.39, 0.29) is 5.82 Å². The van der Waals surface area contributed by atoms with Gasteiger partial charge >= 0.3 is 0 Å². The van der Waals surface area contributed by atoms with E-state index >= 15 is 0 Å². The van der Waals surface area contributed by atoms with Crippen molar-refractivity contribution in [2.75, 3.05) is 13.2 Å². The largest absolute Gasteiger partial charge is 0.493 e. The van der Waals surface area contributed by atoms with Crippen molar-refractivity contribution in [1.29, 1.82) is 0 Å². The van der Waals surface area contributed by atoms with Gasteiger partial charge in [-0.25, -0.2) is 4.39 Å². The Hall–Kier alpha value is -1.58. The van der Waals surface area contributed by atoms with Crippen LogP contribution in [0.15, 0.2) is 36.4 Å². The van der Waals surface area contributed by atoms with Crippen molar-refractivity contribution in [2.45, 2.75) is 19.4 Å². The second-order valence-electron chi connectivity index (χ2n) is 5.19. The monoisotopic (exact) mass is 305 g/mol. The molecule has 0 fully saturated rings. The van der Waals surface area contributed by atoms with Crippen molar-refractivity contribution in [2.24, 2.45) is 0 Å². The standard InChI is InChI=1S/C17H17ClFNO/c18-15-3-1-13(17(19)10-15)6-8-21-16-4-2-12-5-7-20-11-14(12)9-16/h1-4,9-10,20H,5-8,11H2. The van der Waals surface area contributed by atoms with Gasteiger partial charge in [-0.05, 0) is 53.9 Å². The van der Waals surface area contributed by atoms with Gasteiger partial charge in [0.15, 0.2) is 0 Å². The molecule has 4 heteroatoms. The average molecular weight is 306 g/mol. The van der Waals surface area contributed by atoms with Crippen molar-refractivity contribution in [3.8, 4) is 5.75 Å². The molecule has 0 spiro atoms. The van der Waals surface area contributed by atoms with Crippen LogP contribution in [0, 0.1) is 5.82 Å². The predicted octanol–water partition coefficient (Wildman–Crippen LogP) is 3.75. The third-order valence-corrected chi connectivity index (χ3v) is 3.95. The molecule has 0 saturated heterocycles. The summed E-state index contributed by atoms with van der Waals surface area (Å²) < 4.78 is 19.4. The maximum Gasteiger partial charge on any atom is 0.128 e. The molecule has 21 heavy (non-hydrogen) atoms. The third-order valence-electron chi connectivity index (χ3n) is 3.72. The van der Waals surface area contributed by atoms with Crippen molar-refractivity contribution in [3.05, 3.63) is 63.9 Å². The Kier molecular flexibility index (Phi) is 4.42. The number of rotatable bonds is 4. The van der Waals surface area contributed by atoms with Crippen molar-refractivity contribution in [1.82, 2.24) is 5.32 Å². The van der Waals surface area contributed by atoms with Gasteiger partial charge in [0, 0.05) is 18.0 Å². The van der Waals surface area contributed by atoms with Crippen LogP contribution in [0.1, 0.15) is 16.7 Å². The highest BCUT2D eigenvalue weighted by atomic mass is 35.5. The Morgan fingerprint density at radius 3 is 2.90 bits per heavy atom. The number of hydrogen-bond acceptors (Lipinski definition) is 2. The van der Waals surface area contributed by atoms with E-state index in [0.29, 0.717) is 23.6 Å². The number of hydrogen-bond donors (Lipinski definition) is 1. The van der Waals surface area contributed by atoms with Gasteiger partial charge in [0.05, 0.1) is 6.61 Å². The lowest BCUT2D eigenvalue weighted by molar-refractivity contribution is 0.319. The van der Waals surface area contributed by atoms with E-state index in [9.17, 15) is 4.39 Å². The molecule has 0 saturated carbocycles. The molecule has 3 rings (SSSR count). The summed E-state index contributed by atoms with van der Waals surface area (Å²) in [4.78, 5) is 0. The summed E-state index contributed by atoms with van der Waals surface area (Å²) in [7, 11) is 0. The molecular weight excluding hydrogens is 289 g/mol. The molecule has 0 radical (unpaired) electrons. The summed E-state index contributed by atoms with van der Waals surface area (Å²) >= 11 is 5.74. The molecule has 1 heterocycles. The molecule has 0 aliphatic carbocycles. The number of halogens is 2. The second-order valence-corrected chi connectivity index (χ2v) is 5.63. The van der Waals surface area contributed by atoms with Gasteiger partial charge in [-0.2, -0.15) is 0 Å². The van der Waals surface area contributed by atoms with E-state index in [4.69, 9.17) is 16.3 Å². The molecule has 0 amide bonds. The zero-order valence-corrected chi connectivity index (χ0v) is 12.4. The molecule has 2 aromatic rings. The fraction of sp³-hybridized carbons (Fsp3) is 0.294. The molecule has 110 valence electrons. The van der Waals surface area contributed by atoms with Crippen LogP contribution in [0.4, 0.5) is 4.39 Å². The van der Waals surface area contributed by atoms with Crippen molar-refractivity contribution < 1.29 is 9.13 Å². The Balaban J connectivity index is 1.60. The normalized spacial score (nSPS) is 13.8. The van der Waals surface area contributed by atoms with Gasteiger partial charge in [0.1, 0.15) is 11.6 Å². The fourth-order valence-electron chi connectivity index (χ4n) is 2.55. The average Bonchev–Trinajstić information content (AvgIpc) is 2.49. The number of nitrogens with one attached hydrogen (secondary N) is 1. The van der Waals surface area contributed by atoms with Crippen LogP contribution in [-0.2, 0) is 19.4 Å². The van der Waals surface area contributed by atoms with Crippen molar-refractivity contribution >= 4 is 11.6 Å². The zero-order valence-electron chi connectivity index (χ0n) is 11.7. The fourth-order valence-corrected chi connectivity index (χ4v) is 2.71. The summed E-state index contributed by atoms with van der Waals surface area (Å²) in [6.45, 7) is 2.37. The first kappa shape index (κ1) is 14.4. The van der Waals surface area contributed by atoms with Crippen LogP contribution < -0.4 is 10.1 Å². The highest BCUT2D eigenvalue weighted by Crippen LogP contribution is 2.21. The highest BCUT2D eigenvalue weighted by Gasteiger charge is 2.09. The zero-order chi connectivity index (χ0) is 14.7. The lowest BCUT2D eigenvalue weighted by atomic mass is 10.0. The Morgan fingerprint density at radius 1 is 1.14 bits per heavy atom. The molecule has 2 nitrogen and oxygen atoms in total. The molecule has 1 N–H and O–H groups in total. The first-order valence-electron chi connectivity index (χ1n) is 7.11. The van der Waals surface area contributed by atoms with Crippen LogP contribution in [-0.4, -0.2) is 13.2 Å². The maximum absolute atomic E-state index is 13.7. The molecule has 0 atom stereocenters. The van der Waals surface area contributed by atoms with Crippen LogP contribution in [0.2, 0.25) is 5.02 Å². The summed E-state index contributed by atoms with van der Waals surface area (Å²) in [5, 5.41) is 3.76. The van der Waals surface area contributed by atoms with Gasteiger partial charge in [-0.1, -0.05) is 23.7 Å². The molecule has 2 aromatic carbocycles. The molecule has 0 aromatic heterocycles. The minimum Gasteiger partial charge on any atom is -0.493 e. The summed E-state index contributed by atoms with van der Waals surface area (Å²) in [5.41, 5.74) is 3.29. The lowest BCUT2D eigenvalue weighted by Crippen LogP contribution is -2.23. The first-order valence-corrected chi connectivity index (χ1v) is 7.49. The molecule has 1 aliphatic heterocycles. The van der Waals surface area contributed by atoms with Crippen LogP contribution in [0.3, 0.4) is 0 Å². The van der Waals surface area contributed by atoms with Crippen LogP contribution in [0.5, 0.6) is 5.75 Å². The topological polar surface area (TPSA) is 21.3 Å². The van der Waals surface area contributed by atoms with Gasteiger partial charge in [-0.3, -0.25) is 0 Å². The Labute approximate surface area is 128 Å². The Morgan fingerprint density at radius 2 is 2.05 bits per heavy atom. The summed E-state index contributed by atoms with van der Waals surface area (Å²) in [6.07, 6.45) is 1.59. The lowest BCUT2D eigenvalue weighted by Gasteiger charge is -2.18. The Bertz CT molecular complexity index is 645. The minimum atomic E-state index is -0.277. The van der Waals surface area contributed by atoms with Gasteiger partial charge in [-0.15, -0.1) is 0 Å². The number of fused-ring (bicyclic) bond motifs is 1. The predicted molar refractivity (Wildman–Crippen MR) is 82.5 cm³/mol. The van der Waals surface area contributed by atoms with Gasteiger partial charge in [0.2, 0.25) is 0 Å². The summed E-state index contributed by atoms with van der Waals surface area (Å²) in [6, 6.07) is 10.9. The third kappa shape index (κ3) is 3.55. The minimum absolute atomic E-state index is 0.277. The van der Waals surface area contributed by atoms with Gasteiger partial charge < -0.3 is 10.1 Å². The van der Waals surface area contributed by atoms with Crippen molar-refractivity contribution in [3.63, 3.8) is 0 Å². The van der Waals surface area contributed by atoms with Gasteiger partial charge in [0.25, 0.3) is 0 Å². The molecular formula is C17H17ClFNO. The van der Waals surface area contributed by atoms with E-state index in [2.05, 4.69) is 17.4 Å². The number of ether oxygens (including phenoxy) is 1. The SMILES string of the molecule is Fc1cc(Cl)ccc1CCOc1ccc2c(c1)CNCC2. The second kappa shape index (κ2) is 6.46. The highest BCUT2D eigenvalue weighted by molar-refractivity contribution is 6.30. The summed E-state index contributed by atoms with van der Waals surface area (Å²) in [5.74, 6) is 0.563. The smallest absolute Gasteiger partial charge is 0.128 e. The van der Waals surface area contributed by atoms with E-state index in [1.807, 2.05) is 6.07 Å². The first-order chi connectivity index (χ1) is 10.2. The van der Waals surface area contributed by atoms with Crippen LogP contribution >= 0.6 is 11.6 Å². The number of benzene rings is 2. The molecule has 0 unspecified atom stereocenters.